The van der Waals surface area contributed by atoms with Gasteiger partial charge in [-0.15, -0.1) is 0 Å². The molecule has 1 aliphatic heterocycles. The van der Waals surface area contributed by atoms with Crippen LogP contribution in [0.3, 0.4) is 0 Å². The lowest BCUT2D eigenvalue weighted by Crippen LogP contribution is -2.40. The molecule has 0 N–H and O–H groups in total. The van der Waals surface area contributed by atoms with E-state index in [1.54, 1.807) is 0 Å². The van der Waals surface area contributed by atoms with Crippen molar-refractivity contribution in [1.29, 1.82) is 0 Å². The summed E-state index contributed by atoms with van der Waals surface area (Å²) in [5, 5.41) is 0. The van der Waals surface area contributed by atoms with Crippen LogP contribution in [-0.2, 0) is 20.5 Å². The molecule has 0 unspecified atom stereocenters. The fourth-order valence-corrected chi connectivity index (χ4v) is 4.84. The summed E-state index contributed by atoms with van der Waals surface area (Å²) in [5.41, 5.74) is 3.45. The summed E-state index contributed by atoms with van der Waals surface area (Å²) in [5.74, 6) is 0. The Morgan fingerprint density at radius 2 is 1.06 bits per heavy atom. The highest BCUT2D eigenvalue weighted by atomic mass is 16.7. The Bertz CT molecular complexity index is 1100. The highest BCUT2D eigenvalue weighted by molar-refractivity contribution is 5.41. The molecule has 4 aromatic carbocycles. The maximum atomic E-state index is 6.95. The van der Waals surface area contributed by atoms with Gasteiger partial charge in [-0.1, -0.05) is 121 Å². The van der Waals surface area contributed by atoms with Crippen LogP contribution in [0.15, 0.2) is 121 Å². The van der Waals surface area contributed by atoms with Crippen molar-refractivity contribution >= 4 is 0 Å². The van der Waals surface area contributed by atoms with E-state index in [1.165, 1.54) is 11.1 Å². The number of hydrogen-bond donors (Lipinski definition) is 0. The molecule has 5 rings (SSSR count). The van der Waals surface area contributed by atoms with Gasteiger partial charge in [-0.2, -0.15) is 0 Å². The minimum absolute atomic E-state index is 0.233. The molecule has 4 aromatic rings. The van der Waals surface area contributed by atoms with E-state index in [1.807, 2.05) is 24.3 Å². The molecule has 32 heavy (non-hydrogen) atoms. The molecule has 0 aliphatic carbocycles. The van der Waals surface area contributed by atoms with Crippen LogP contribution in [0.25, 0.3) is 0 Å². The van der Waals surface area contributed by atoms with Crippen LogP contribution >= 0.6 is 0 Å². The topological polar surface area (TPSA) is 18.5 Å². The molecule has 0 saturated carbocycles. The number of ether oxygens (including phenoxy) is 2. The molecular weight excluding hydrogens is 392 g/mol. The van der Waals surface area contributed by atoms with Crippen molar-refractivity contribution in [2.75, 3.05) is 0 Å². The van der Waals surface area contributed by atoms with Crippen LogP contribution in [0.4, 0.5) is 0 Å². The van der Waals surface area contributed by atoms with E-state index in [0.717, 1.165) is 11.1 Å². The molecule has 1 saturated heterocycles. The molecule has 1 fully saturated rings. The van der Waals surface area contributed by atoms with E-state index >= 15 is 0 Å². The predicted molar refractivity (Wildman–Crippen MR) is 128 cm³/mol. The first-order valence-corrected chi connectivity index (χ1v) is 11.2. The van der Waals surface area contributed by atoms with E-state index in [0.29, 0.717) is 0 Å². The Balaban J connectivity index is 1.65. The number of hydrogen-bond acceptors (Lipinski definition) is 2. The summed E-state index contributed by atoms with van der Waals surface area (Å²) in [4.78, 5) is 0. The normalized spacial score (nSPS) is 23.2. The van der Waals surface area contributed by atoms with Gasteiger partial charge in [0, 0.05) is 0 Å². The monoisotopic (exact) mass is 420 g/mol. The van der Waals surface area contributed by atoms with Gasteiger partial charge in [-0.25, -0.2) is 0 Å². The average Bonchev–Trinajstić information content (AvgIpc) is 3.25. The summed E-state index contributed by atoms with van der Waals surface area (Å²) in [7, 11) is 0. The summed E-state index contributed by atoms with van der Waals surface area (Å²) < 4.78 is 13.8. The second kappa shape index (κ2) is 8.38. The largest absolute Gasteiger partial charge is 0.340 e. The SMILES string of the molecule is CC(c1ccccc1)(c1ccccc1)[C@@H]1O[C@H](c2ccccc2)[C@](C)(c2ccccc2)O1. The lowest BCUT2D eigenvalue weighted by Gasteiger charge is -2.36. The molecule has 2 nitrogen and oxygen atoms in total. The van der Waals surface area contributed by atoms with Crippen LogP contribution in [0.1, 0.15) is 42.2 Å². The standard InChI is InChI=1S/C30H28O2/c1-29(24-17-9-4-10-18-24,25-19-11-5-12-20-25)28-31-27(23-15-7-3-8-16-23)30(2,32-28)26-21-13-6-14-22-26/h3-22,27-28H,1-2H3/t27-,28-,30+/m1/s1. The van der Waals surface area contributed by atoms with Gasteiger partial charge in [0.1, 0.15) is 11.7 Å². The first-order valence-electron chi connectivity index (χ1n) is 11.2. The van der Waals surface area contributed by atoms with Crippen molar-refractivity contribution < 1.29 is 9.47 Å². The Hall–Kier alpha value is -3.20. The Kier molecular flexibility index (Phi) is 5.42. The second-order valence-electron chi connectivity index (χ2n) is 8.78. The Labute approximate surface area is 190 Å². The third kappa shape index (κ3) is 3.46. The molecule has 1 aliphatic rings. The summed E-state index contributed by atoms with van der Waals surface area (Å²) in [6.45, 7) is 4.37. The first-order chi connectivity index (χ1) is 15.6. The Morgan fingerprint density at radius 1 is 0.625 bits per heavy atom. The van der Waals surface area contributed by atoms with E-state index in [-0.39, 0.29) is 6.10 Å². The molecule has 0 spiro atoms. The summed E-state index contributed by atoms with van der Waals surface area (Å²) >= 11 is 0. The van der Waals surface area contributed by atoms with Crippen LogP contribution < -0.4 is 0 Å². The molecule has 3 atom stereocenters. The van der Waals surface area contributed by atoms with Gasteiger partial charge < -0.3 is 9.47 Å². The van der Waals surface area contributed by atoms with Crippen LogP contribution in [0.2, 0.25) is 0 Å². The highest BCUT2D eigenvalue weighted by Crippen LogP contribution is 2.53. The van der Waals surface area contributed by atoms with Gasteiger partial charge in [-0.3, -0.25) is 0 Å². The molecule has 0 amide bonds. The smallest absolute Gasteiger partial charge is 0.173 e. The van der Waals surface area contributed by atoms with Crippen molar-refractivity contribution in [1.82, 2.24) is 0 Å². The van der Waals surface area contributed by atoms with Crippen molar-refractivity contribution in [2.24, 2.45) is 0 Å². The zero-order chi connectivity index (χ0) is 22.0. The fraction of sp³-hybridized carbons (Fsp3) is 0.200. The fourth-order valence-electron chi connectivity index (χ4n) is 4.84. The zero-order valence-electron chi connectivity index (χ0n) is 18.5. The highest BCUT2D eigenvalue weighted by Gasteiger charge is 2.54. The van der Waals surface area contributed by atoms with E-state index in [4.69, 9.17) is 9.47 Å². The van der Waals surface area contributed by atoms with E-state index < -0.39 is 17.3 Å². The van der Waals surface area contributed by atoms with Gasteiger partial charge in [0.2, 0.25) is 0 Å². The van der Waals surface area contributed by atoms with Gasteiger partial charge in [0.15, 0.2) is 6.29 Å². The Morgan fingerprint density at radius 3 is 1.56 bits per heavy atom. The molecule has 160 valence electrons. The molecule has 0 radical (unpaired) electrons. The average molecular weight is 421 g/mol. The number of benzene rings is 4. The van der Waals surface area contributed by atoms with E-state index in [9.17, 15) is 0 Å². The van der Waals surface area contributed by atoms with Gasteiger partial charge in [0.05, 0.1) is 5.41 Å². The molecular formula is C30H28O2. The second-order valence-corrected chi connectivity index (χ2v) is 8.78. The molecule has 0 aromatic heterocycles. The summed E-state index contributed by atoms with van der Waals surface area (Å²) in [6.07, 6.45) is -0.703. The van der Waals surface area contributed by atoms with Crippen molar-refractivity contribution in [3.63, 3.8) is 0 Å². The van der Waals surface area contributed by atoms with Gasteiger partial charge in [-0.05, 0) is 36.1 Å². The van der Waals surface area contributed by atoms with Crippen LogP contribution in [-0.4, -0.2) is 6.29 Å². The lowest BCUT2D eigenvalue weighted by atomic mass is 9.75. The molecule has 1 heterocycles. The maximum Gasteiger partial charge on any atom is 0.173 e. The third-order valence-electron chi connectivity index (χ3n) is 6.78. The quantitative estimate of drug-likeness (QED) is 0.345. The minimum atomic E-state index is -0.627. The lowest BCUT2D eigenvalue weighted by molar-refractivity contribution is -0.120. The minimum Gasteiger partial charge on any atom is -0.340 e. The van der Waals surface area contributed by atoms with E-state index in [2.05, 4.69) is 111 Å². The molecule has 2 heteroatoms. The van der Waals surface area contributed by atoms with Crippen molar-refractivity contribution in [2.45, 2.75) is 37.3 Å². The van der Waals surface area contributed by atoms with Crippen molar-refractivity contribution in [3.05, 3.63) is 144 Å². The van der Waals surface area contributed by atoms with Gasteiger partial charge >= 0.3 is 0 Å². The maximum absolute atomic E-state index is 6.95. The third-order valence-corrected chi connectivity index (χ3v) is 6.78. The predicted octanol–water partition coefficient (Wildman–Crippen LogP) is 7.02. The van der Waals surface area contributed by atoms with Gasteiger partial charge in [0.25, 0.3) is 0 Å². The van der Waals surface area contributed by atoms with Crippen LogP contribution in [0, 0.1) is 0 Å². The van der Waals surface area contributed by atoms with Crippen LogP contribution in [0.5, 0.6) is 0 Å². The molecule has 0 bridgehead atoms. The number of rotatable bonds is 5. The summed E-state index contributed by atoms with van der Waals surface area (Å²) in [6, 6.07) is 41.9. The first kappa shape index (κ1) is 20.7. The zero-order valence-corrected chi connectivity index (χ0v) is 18.5. The van der Waals surface area contributed by atoms with Crippen molar-refractivity contribution in [3.8, 4) is 0 Å².